The number of unbranched alkanes of at least 4 members (excludes halogenated alkanes) is 1. The molecule has 0 aromatic rings. The van der Waals surface area contributed by atoms with Crippen LogP contribution in [0, 0.1) is 5.41 Å². The van der Waals surface area contributed by atoms with Crippen LogP contribution in [0.15, 0.2) is 24.8 Å². The lowest BCUT2D eigenvalue weighted by Crippen LogP contribution is -2.15. The van der Waals surface area contributed by atoms with E-state index in [2.05, 4.69) is 20.4 Å². The topological polar surface area (TPSA) is 26.3 Å². The molecule has 0 bridgehead atoms. The lowest BCUT2D eigenvalue weighted by Gasteiger charge is -2.23. The average molecular weight is 224 g/mol. The Morgan fingerprint density at radius 1 is 1.38 bits per heavy atom. The van der Waals surface area contributed by atoms with Gasteiger partial charge < -0.3 is 4.74 Å². The molecule has 0 saturated heterocycles. The lowest BCUT2D eigenvalue weighted by molar-refractivity contribution is -0.138. The molecule has 16 heavy (non-hydrogen) atoms. The maximum Gasteiger partial charge on any atom is 0.330 e. The van der Waals surface area contributed by atoms with Gasteiger partial charge in [-0.05, 0) is 38.0 Å². The maximum absolute atomic E-state index is 11.1. The third-order valence-corrected chi connectivity index (χ3v) is 2.59. The van der Waals surface area contributed by atoms with E-state index in [9.17, 15) is 4.79 Å². The molecule has 0 heterocycles. The molecule has 0 aliphatic heterocycles. The van der Waals surface area contributed by atoms with Gasteiger partial charge in [-0.15, -0.1) is 6.58 Å². The first kappa shape index (κ1) is 14.9. The van der Waals surface area contributed by atoms with Crippen LogP contribution in [0.5, 0.6) is 0 Å². The second-order valence-electron chi connectivity index (χ2n) is 4.76. The Kier molecular flexibility index (Phi) is 7.61. The fourth-order valence-electron chi connectivity index (χ4n) is 1.46. The molecule has 0 radical (unpaired) electrons. The summed E-state index contributed by atoms with van der Waals surface area (Å²) in [5.41, 5.74) is 0.235. The minimum absolute atomic E-state index is 0.235. The zero-order valence-electron chi connectivity index (χ0n) is 10.8. The highest BCUT2D eigenvalue weighted by molar-refractivity contribution is 5.81. The minimum atomic E-state index is -0.246. The first-order chi connectivity index (χ1) is 7.52. The highest BCUT2D eigenvalue weighted by Crippen LogP contribution is 2.27. The summed E-state index contributed by atoms with van der Waals surface area (Å²) >= 11 is 0. The van der Waals surface area contributed by atoms with E-state index in [0.717, 1.165) is 25.7 Å². The van der Waals surface area contributed by atoms with Crippen molar-refractivity contribution in [3.63, 3.8) is 0 Å². The van der Waals surface area contributed by atoms with Crippen LogP contribution in [-0.2, 0) is 9.53 Å². The van der Waals surface area contributed by atoms with Gasteiger partial charge in [-0.3, -0.25) is 0 Å². The molecule has 92 valence electrons. The van der Waals surface area contributed by atoms with Gasteiger partial charge in [0.05, 0.1) is 6.61 Å². The quantitative estimate of drug-likeness (QED) is 0.271. The molecule has 0 fully saturated rings. The van der Waals surface area contributed by atoms with Gasteiger partial charge in [-0.2, -0.15) is 0 Å². The van der Waals surface area contributed by atoms with E-state index in [1.165, 1.54) is 6.08 Å². The number of hydrogen-bond donors (Lipinski definition) is 0. The summed E-state index contributed by atoms with van der Waals surface area (Å²) in [6.45, 7) is 10.4. The van der Waals surface area contributed by atoms with Gasteiger partial charge in [0.15, 0.2) is 0 Å². The van der Waals surface area contributed by atoms with E-state index in [4.69, 9.17) is 4.74 Å². The van der Waals surface area contributed by atoms with Crippen molar-refractivity contribution >= 4 is 5.97 Å². The lowest BCUT2D eigenvalue weighted by atomic mass is 9.84. The van der Waals surface area contributed by atoms with Gasteiger partial charge in [0, 0.05) is 6.08 Å². The molecule has 2 heteroatoms. The molecule has 0 aromatic heterocycles. The molecule has 0 rings (SSSR count). The number of allylic oxidation sites excluding steroid dienone is 2. The Morgan fingerprint density at radius 2 is 2.06 bits per heavy atom. The average Bonchev–Trinajstić information content (AvgIpc) is 2.18. The molecular weight excluding hydrogens is 200 g/mol. The fraction of sp³-hybridized carbons (Fsp3) is 0.643. The molecule has 0 amide bonds. The minimum Gasteiger partial charge on any atom is -0.463 e. The zero-order chi connectivity index (χ0) is 12.4. The SMILES string of the molecule is C=CCCCC(C)(C)CCOC(=O)/C=C/C. The third kappa shape index (κ3) is 8.27. The summed E-state index contributed by atoms with van der Waals surface area (Å²) in [6.07, 6.45) is 9.35. The van der Waals surface area contributed by atoms with Crippen LogP contribution in [0.4, 0.5) is 0 Å². The molecule has 0 saturated carbocycles. The van der Waals surface area contributed by atoms with Crippen molar-refractivity contribution in [2.75, 3.05) is 6.61 Å². The summed E-state index contributed by atoms with van der Waals surface area (Å²) in [5.74, 6) is -0.246. The molecule has 0 aromatic carbocycles. The second kappa shape index (κ2) is 8.14. The smallest absolute Gasteiger partial charge is 0.330 e. The summed E-state index contributed by atoms with van der Waals surface area (Å²) in [7, 11) is 0. The van der Waals surface area contributed by atoms with E-state index in [0.29, 0.717) is 6.61 Å². The molecule has 0 unspecified atom stereocenters. The number of hydrogen-bond acceptors (Lipinski definition) is 2. The molecule has 0 aliphatic rings. The molecule has 0 spiro atoms. The van der Waals surface area contributed by atoms with Crippen molar-refractivity contribution in [3.8, 4) is 0 Å². The normalized spacial score (nSPS) is 11.7. The van der Waals surface area contributed by atoms with Gasteiger partial charge in [-0.25, -0.2) is 4.79 Å². The van der Waals surface area contributed by atoms with Crippen LogP contribution in [0.3, 0.4) is 0 Å². The summed E-state index contributed by atoms with van der Waals surface area (Å²) in [5, 5.41) is 0. The summed E-state index contributed by atoms with van der Waals surface area (Å²) in [4.78, 5) is 11.1. The summed E-state index contributed by atoms with van der Waals surface area (Å²) < 4.78 is 5.08. The highest BCUT2D eigenvalue weighted by Gasteiger charge is 2.17. The van der Waals surface area contributed by atoms with E-state index in [1.807, 2.05) is 6.08 Å². The van der Waals surface area contributed by atoms with Gasteiger partial charge in [0.1, 0.15) is 0 Å². The maximum atomic E-state index is 11.1. The molecule has 2 nitrogen and oxygen atoms in total. The van der Waals surface area contributed by atoms with Crippen LogP contribution in [0.25, 0.3) is 0 Å². The first-order valence-corrected chi connectivity index (χ1v) is 5.92. The molecular formula is C14H24O2. The number of carbonyl (C=O) groups is 1. The van der Waals surface area contributed by atoms with Crippen LogP contribution < -0.4 is 0 Å². The Balaban J connectivity index is 3.72. The molecule has 0 aliphatic carbocycles. The van der Waals surface area contributed by atoms with Crippen molar-refractivity contribution < 1.29 is 9.53 Å². The van der Waals surface area contributed by atoms with Gasteiger partial charge >= 0.3 is 5.97 Å². The Hall–Kier alpha value is -1.05. The Labute approximate surface area is 99.4 Å². The van der Waals surface area contributed by atoms with E-state index < -0.39 is 0 Å². The number of ether oxygens (including phenoxy) is 1. The van der Waals surface area contributed by atoms with Crippen molar-refractivity contribution in [3.05, 3.63) is 24.8 Å². The van der Waals surface area contributed by atoms with Gasteiger partial charge in [0.25, 0.3) is 0 Å². The standard InChI is InChI=1S/C14H24O2/c1-5-7-8-10-14(3,4)11-12-16-13(15)9-6-2/h5-6,9H,1,7-8,10-12H2,2-4H3/b9-6+. The summed E-state index contributed by atoms with van der Waals surface area (Å²) in [6, 6.07) is 0. The van der Waals surface area contributed by atoms with Crippen molar-refractivity contribution in [2.24, 2.45) is 5.41 Å². The van der Waals surface area contributed by atoms with E-state index in [1.54, 1.807) is 13.0 Å². The number of esters is 1. The van der Waals surface area contributed by atoms with Crippen molar-refractivity contribution in [2.45, 2.75) is 46.5 Å². The fourth-order valence-corrected chi connectivity index (χ4v) is 1.46. The Bertz CT molecular complexity index is 239. The second-order valence-corrected chi connectivity index (χ2v) is 4.76. The number of rotatable bonds is 8. The van der Waals surface area contributed by atoms with Gasteiger partial charge in [0.2, 0.25) is 0 Å². The third-order valence-electron chi connectivity index (χ3n) is 2.59. The zero-order valence-corrected chi connectivity index (χ0v) is 10.8. The van der Waals surface area contributed by atoms with Crippen LogP contribution in [-0.4, -0.2) is 12.6 Å². The number of carbonyl (C=O) groups excluding carboxylic acids is 1. The van der Waals surface area contributed by atoms with Crippen molar-refractivity contribution in [1.82, 2.24) is 0 Å². The van der Waals surface area contributed by atoms with E-state index in [-0.39, 0.29) is 11.4 Å². The van der Waals surface area contributed by atoms with E-state index >= 15 is 0 Å². The molecule has 0 N–H and O–H groups in total. The van der Waals surface area contributed by atoms with Crippen molar-refractivity contribution in [1.29, 1.82) is 0 Å². The monoisotopic (exact) mass is 224 g/mol. The largest absolute Gasteiger partial charge is 0.463 e. The first-order valence-electron chi connectivity index (χ1n) is 5.92. The highest BCUT2D eigenvalue weighted by atomic mass is 16.5. The van der Waals surface area contributed by atoms with Crippen LogP contribution >= 0.6 is 0 Å². The predicted molar refractivity (Wildman–Crippen MR) is 68.2 cm³/mol. The Morgan fingerprint density at radius 3 is 2.62 bits per heavy atom. The van der Waals surface area contributed by atoms with Crippen LogP contribution in [0.2, 0.25) is 0 Å². The molecule has 0 atom stereocenters. The predicted octanol–water partition coefficient (Wildman–Crippen LogP) is 3.88. The van der Waals surface area contributed by atoms with Crippen LogP contribution in [0.1, 0.15) is 46.5 Å². The van der Waals surface area contributed by atoms with Gasteiger partial charge in [-0.1, -0.05) is 26.0 Å².